The van der Waals surface area contributed by atoms with Crippen LogP contribution in [0.2, 0.25) is 0 Å². The minimum absolute atomic E-state index is 0.0838. The predicted octanol–water partition coefficient (Wildman–Crippen LogP) is 1.19. The molecule has 6 heteroatoms. The Hall–Kier alpha value is -0.980. The SMILES string of the molecule is CCC(C)(N)c1nc(C2CN3CCCC3CO2)no1. The van der Waals surface area contributed by atoms with Crippen LogP contribution in [-0.4, -0.2) is 40.8 Å². The molecular weight excluding hydrogens is 244 g/mol. The fourth-order valence-electron chi connectivity index (χ4n) is 2.72. The molecule has 3 heterocycles. The van der Waals surface area contributed by atoms with Crippen molar-refractivity contribution < 1.29 is 9.26 Å². The van der Waals surface area contributed by atoms with Crippen molar-refractivity contribution in [2.75, 3.05) is 19.7 Å². The average Bonchev–Trinajstić information content (AvgIpc) is 3.06. The Balaban J connectivity index is 1.73. The lowest BCUT2D eigenvalue weighted by Gasteiger charge is -2.33. The van der Waals surface area contributed by atoms with E-state index in [0.717, 1.165) is 26.1 Å². The molecule has 1 aromatic heterocycles. The highest BCUT2D eigenvalue weighted by Gasteiger charge is 2.36. The number of nitrogens with two attached hydrogens (primary N) is 1. The maximum absolute atomic E-state index is 6.12. The third-order valence-electron chi connectivity index (χ3n) is 4.34. The zero-order valence-corrected chi connectivity index (χ0v) is 11.6. The minimum atomic E-state index is -0.559. The first-order valence-corrected chi connectivity index (χ1v) is 7.09. The highest BCUT2D eigenvalue weighted by molar-refractivity contribution is 5.03. The third kappa shape index (κ3) is 2.40. The van der Waals surface area contributed by atoms with Crippen molar-refractivity contribution in [3.63, 3.8) is 0 Å². The molecular formula is C13H22N4O2. The van der Waals surface area contributed by atoms with Crippen LogP contribution in [0.5, 0.6) is 0 Å². The Morgan fingerprint density at radius 2 is 2.37 bits per heavy atom. The van der Waals surface area contributed by atoms with E-state index >= 15 is 0 Å². The van der Waals surface area contributed by atoms with Crippen LogP contribution in [-0.2, 0) is 10.3 Å². The molecule has 0 saturated carbocycles. The Labute approximate surface area is 113 Å². The van der Waals surface area contributed by atoms with E-state index in [4.69, 9.17) is 15.0 Å². The Morgan fingerprint density at radius 1 is 1.53 bits per heavy atom. The van der Waals surface area contributed by atoms with Gasteiger partial charge in [0, 0.05) is 12.6 Å². The molecule has 2 saturated heterocycles. The van der Waals surface area contributed by atoms with Crippen LogP contribution in [0.1, 0.15) is 50.9 Å². The zero-order chi connectivity index (χ0) is 13.5. The molecule has 6 nitrogen and oxygen atoms in total. The number of fused-ring (bicyclic) bond motifs is 1. The second-order valence-electron chi connectivity index (χ2n) is 5.84. The highest BCUT2D eigenvalue weighted by atomic mass is 16.5. The Bertz CT molecular complexity index is 446. The highest BCUT2D eigenvalue weighted by Crippen LogP contribution is 2.29. The standard InChI is InChI=1S/C13H22N4O2/c1-3-13(2,14)12-15-11(16-19-12)10-7-17-6-4-5-9(17)8-18-10/h9-10H,3-8,14H2,1-2H3. The van der Waals surface area contributed by atoms with Crippen LogP contribution in [0, 0.1) is 0 Å². The van der Waals surface area contributed by atoms with E-state index in [1.807, 2.05) is 13.8 Å². The van der Waals surface area contributed by atoms with Gasteiger partial charge in [-0.2, -0.15) is 4.98 Å². The number of aromatic nitrogens is 2. The average molecular weight is 266 g/mol. The van der Waals surface area contributed by atoms with E-state index in [0.29, 0.717) is 17.8 Å². The second-order valence-corrected chi connectivity index (χ2v) is 5.84. The summed E-state index contributed by atoms with van der Waals surface area (Å²) in [7, 11) is 0. The topological polar surface area (TPSA) is 77.4 Å². The summed E-state index contributed by atoms with van der Waals surface area (Å²) in [5.41, 5.74) is 5.56. The molecule has 0 amide bonds. The quantitative estimate of drug-likeness (QED) is 0.885. The first-order chi connectivity index (χ1) is 9.10. The number of ether oxygens (including phenoxy) is 1. The van der Waals surface area contributed by atoms with Crippen LogP contribution < -0.4 is 5.73 Å². The van der Waals surface area contributed by atoms with Crippen LogP contribution in [0.4, 0.5) is 0 Å². The van der Waals surface area contributed by atoms with Gasteiger partial charge in [0.2, 0.25) is 11.7 Å². The molecule has 19 heavy (non-hydrogen) atoms. The molecule has 0 bridgehead atoms. The van der Waals surface area contributed by atoms with Gasteiger partial charge < -0.3 is 15.0 Å². The molecule has 0 radical (unpaired) electrons. The summed E-state index contributed by atoms with van der Waals surface area (Å²) in [6.07, 6.45) is 3.17. The van der Waals surface area contributed by atoms with Gasteiger partial charge in [-0.3, -0.25) is 4.90 Å². The summed E-state index contributed by atoms with van der Waals surface area (Å²) in [6.45, 7) is 6.69. The Morgan fingerprint density at radius 3 is 3.16 bits per heavy atom. The Kier molecular flexibility index (Phi) is 3.32. The predicted molar refractivity (Wildman–Crippen MR) is 69.4 cm³/mol. The number of morpholine rings is 1. The summed E-state index contributed by atoms with van der Waals surface area (Å²) in [4.78, 5) is 6.90. The van der Waals surface area contributed by atoms with E-state index in [1.54, 1.807) is 0 Å². The van der Waals surface area contributed by atoms with Crippen molar-refractivity contribution in [2.45, 2.75) is 50.8 Å². The normalized spacial score (nSPS) is 31.1. The van der Waals surface area contributed by atoms with E-state index in [1.165, 1.54) is 12.8 Å². The maximum Gasteiger partial charge on any atom is 0.246 e. The van der Waals surface area contributed by atoms with Gasteiger partial charge in [-0.1, -0.05) is 12.1 Å². The summed E-state index contributed by atoms with van der Waals surface area (Å²) in [5.74, 6) is 1.13. The zero-order valence-electron chi connectivity index (χ0n) is 11.6. The van der Waals surface area contributed by atoms with Crippen molar-refractivity contribution in [1.82, 2.24) is 15.0 Å². The molecule has 3 unspecified atom stereocenters. The molecule has 0 aromatic carbocycles. The third-order valence-corrected chi connectivity index (χ3v) is 4.34. The van der Waals surface area contributed by atoms with Gasteiger partial charge in [-0.05, 0) is 32.7 Å². The monoisotopic (exact) mass is 266 g/mol. The van der Waals surface area contributed by atoms with Crippen LogP contribution in [0.3, 0.4) is 0 Å². The van der Waals surface area contributed by atoms with Gasteiger partial charge in [0.15, 0.2) is 0 Å². The molecule has 1 aromatic rings. The van der Waals surface area contributed by atoms with Crippen LogP contribution in [0.25, 0.3) is 0 Å². The van der Waals surface area contributed by atoms with Gasteiger partial charge >= 0.3 is 0 Å². The molecule has 3 atom stereocenters. The number of rotatable bonds is 3. The molecule has 3 rings (SSSR count). The van der Waals surface area contributed by atoms with Gasteiger partial charge in [-0.25, -0.2) is 0 Å². The summed E-state index contributed by atoms with van der Waals surface area (Å²) in [6, 6.07) is 0.582. The first kappa shape index (κ1) is 13.0. The van der Waals surface area contributed by atoms with E-state index < -0.39 is 5.54 Å². The number of hydrogen-bond donors (Lipinski definition) is 1. The molecule has 106 valence electrons. The minimum Gasteiger partial charge on any atom is -0.367 e. The second kappa shape index (κ2) is 4.85. The molecule has 0 spiro atoms. The van der Waals surface area contributed by atoms with Crippen molar-refractivity contribution in [3.05, 3.63) is 11.7 Å². The lowest BCUT2D eigenvalue weighted by Crippen LogP contribution is -2.42. The van der Waals surface area contributed by atoms with E-state index in [2.05, 4.69) is 15.0 Å². The van der Waals surface area contributed by atoms with Crippen molar-refractivity contribution >= 4 is 0 Å². The van der Waals surface area contributed by atoms with Crippen LogP contribution in [0.15, 0.2) is 4.52 Å². The van der Waals surface area contributed by atoms with E-state index in [-0.39, 0.29) is 6.10 Å². The van der Waals surface area contributed by atoms with Crippen molar-refractivity contribution in [2.24, 2.45) is 5.73 Å². The summed E-state index contributed by atoms with van der Waals surface area (Å²) < 4.78 is 11.2. The van der Waals surface area contributed by atoms with Gasteiger partial charge in [0.25, 0.3) is 0 Å². The number of hydrogen-bond acceptors (Lipinski definition) is 6. The largest absolute Gasteiger partial charge is 0.367 e. The lowest BCUT2D eigenvalue weighted by atomic mass is 10.0. The molecule has 2 aliphatic rings. The molecule has 2 aliphatic heterocycles. The van der Waals surface area contributed by atoms with Crippen molar-refractivity contribution in [3.8, 4) is 0 Å². The van der Waals surface area contributed by atoms with Crippen molar-refractivity contribution in [1.29, 1.82) is 0 Å². The molecule has 2 N–H and O–H groups in total. The summed E-state index contributed by atoms with van der Waals surface area (Å²) in [5, 5.41) is 4.05. The fraction of sp³-hybridized carbons (Fsp3) is 0.846. The summed E-state index contributed by atoms with van der Waals surface area (Å²) >= 11 is 0. The fourth-order valence-corrected chi connectivity index (χ4v) is 2.72. The van der Waals surface area contributed by atoms with Gasteiger partial charge in [0.1, 0.15) is 6.10 Å². The van der Waals surface area contributed by atoms with Gasteiger partial charge in [-0.15, -0.1) is 0 Å². The molecule has 2 fully saturated rings. The first-order valence-electron chi connectivity index (χ1n) is 7.09. The van der Waals surface area contributed by atoms with Gasteiger partial charge in [0.05, 0.1) is 12.1 Å². The van der Waals surface area contributed by atoms with E-state index in [9.17, 15) is 0 Å². The number of nitrogens with zero attached hydrogens (tertiary/aromatic N) is 3. The maximum atomic E-state index is 6.12. The van der Waals surface area contributed by atoms with Crippen LogP contribution >= 0.6 is 0 Å². The smallest absolute Gasteiger partial charge is 0.246 e. The molecule has 0 aliphatic carbocycles. The lowest BCUT2D eigenvalue weighted by molar-refractivity contribution is -0.0548.